The number of benzene rings is 2. The molecular weight excluding hydrogens is 434 g/mol. The Kier molecular flexibility index (Phi) is 7.06. The molecule has 32 heavy (non-hydrogen) atoms. The van der Waals surface area contributed by atoms with Gasteiger partial charge in [-0.05, 0) is 44.2 Å². The summed E-state index contributed by atoms with van der Waals surface area (Å²) in [5.74, 6) is -1.99. The van der Waals surface area contributed by atoms with Crippen molar-refractivity contribution in [1.29, 1.82) is 0 Å². The summed E-state index contributed by atoms with van der Waals surface area (Å²) in [6, 6.07) is 8.77. The second-order valence-corrected chi connectivity index (χ2v) is 7.65. The predicted octanol–water partition coefficient (Wildman–Crippen LogP) is 3.47. The minimum Gasteiger partial charge on any atom is -0.507 e. The van der Waals surface area contributed by atoms with E-state index in [9.17, 15) is 24.6 Å². The summed E-state index contributed by atoms with van der Waals surface area (Å²) in [7, 11) is 0. The molecule has 0 aliphatic rings. The molecule has 0 radical (unpaired) electrons. The van der Waals surface area contributed by atoms with Gasteiger partial charge >= 0.3 is 5.97 Å². The Morgan fingerprint density at radius 1 is 1.03 bits per heavy atom. The van der Waals surface area contributed by atoms with Crippen molar-refractivity contribution in [2.75, 3.05) is 17.2 Å². The van der Waals surface area contributed by atoms with Gasteiger partial charge in [0.1, 0.15) is 17.1 Å². The zero-order valence-electron chi connectivity index (χ0n) is 17.3. The third-order valence-electron chi connectivity index (χ3n) is 4.29. The average Bonchev–Trinajstić information content (AvgIpc) is 3.17. The highest BCUT2D eigenvalue weighted by molar-refractivity contribution is 7.14. The summed E-state index contributed by atoms with van der Waals surface area (Å²) in [4.78, 5) is 40.8. The molecule has 4 N–H and O–H groups in total. The van der Waals surface area contributed by atoms with Crippen molar-refractivity contribution in [2.24, 2.45) is 0 Å². The summed E-state index contributed by atoms with van der Waals surface area (Å²) in [5, 5.41) is 26.8. The van der Waals surface area contributed by atoms with Gasteiger partial charge in [-0.1, -0.05) is 11.6 Å². The zero-order valence-corrected chi connectivity index (χ0v) is 18.2. The third kappa shape index (κ3) is 5.61. The van der Waals surface area contributed by atoms with Crippen molar-refractivity contribution in [3.8, 4) is 11.5 Å². The molecule has 2 aromatic carbocycles. The summed E-state index contributed by atoms with van der Waals surface area (Å²) in [5.41, 5.74) is 1.65. The van der Waals surface area contributed by atoms with E-state index in [0.29, 0.717) is 11.4 Å². The van der Waals surface area contributed by atoms with Gasteiger partial charge in [-0.15, -0.1) is 11.3 Å². The zero-order chi connectivity index (χ0) is 23.3. The van der Waals surface area contributed by atoms with Crippen LogP contribution in [-0.2, 0) is 16.0 Å². The fourth-order valence-corrected chi connectivity index (χ4v) is 3.50. The van der Waals surface area contributed by atoms with Gasteiger partial charge in [-0.25, -0.2) is 9.78 Å². The van der Waals surface area contributed by atoms with Crippen LogP contribution in [0.15, 0.2) is 41.8 Å². The average molecular weight is 455 g/mol. The lowest BCUT2D eigenvalue weighted by Crippen LogP contribution is -2.16. The normalized spacial score (nSPS) is 10.4. The quantitative estimate of drug-likeness (QED) is 0.316. The van der Waals surface area contributed by atoms with E-state index >= 15 is 0 Å². The number of aryl methyl sites for hydroxylation is 1. The van der Waals surface area contributed by atoms with E-state index in [1.807, 2.05) is 0 Å². The molecule has 0 spiro atoms. The summed E-state index contributed by atoms with van der Waals surface area (Å²) in [6.07, 6.45) is -0.0717. The Bertz CT molecular complexity index is 1170. The highest BCUT2D eigenvalue weighted by atomic mass is 32.1. The maximum Gasteiger partial charge on any atom is 0.341 e. The Morgan fingerprint density at radius 3 is 2.50 bits per heavy atom. The molecule has 10 heteroatoms. The van der Waals surface area contributed by atoms with Crippen LogP contribution in [0.1, 0.15) is 38.9 Å². The van der Waals surface area contributed by atoms with E-state index in [1.54, 1.807) is 31.4 Å². The number of hydrogen-bond acceptors (Lipinski definition) is 8. The van der Waals surface area contributed by atoms with E-state index in [1.165, 1.54) is 24.3 Å². The molecule has 0 saturated heterocycles. The number of ether oxygens (including phenoxy) is 1. The number of amides is 2. The van der Waals surface area contributed by atoms with Gasteiger partial charge in [-0.3, -0.25) is 14.9 Å². The van der Waals surface area contributed by atoms with Gasteiger partial charge < -0.3 is 20.3 Å². The Balaban J connectivity index is 1.62. The monoisotopic (exact) mass is 455 g/mol. The number of aromatic hydroxyl groups is 2. The summed E-state index contributed by atoms with van der Waals surface area (Å²) < 4.78 is 4.87. The molecule has 1 aromatic heterocycles. The second-order valence-electron chi connectivity index (χ2n) is 6.80. The maximum atomic E-state index is 12.4. The predicted molar refractivity (Wildman–Crippen MR) is 119 cm³/mol. The van der Waals surface area contributed by atoms with Crippen LogP contribution in [0.2, 0.25) is 0 Å². The molecular formula is C22H21N3O6S. The summed E-state index contributed by atoms with van der Waals surface area (Å²) in [6.45, 7) is 3.61. The largest absolute Gasteiger partial charge is 0.507 e. The van der Waals surface area contributed by atoms with Crippen LogP contribution in [-0.4, -0.2) is 39.6 Å². The standard InChI is InChI=1S/C22H21N3O6S/c1-3-31-21(30)16-9-13(5-7-18(16)27)23-19(28)10-14-11-32-22(24-14)25-20(29)15-8-12(2)4-6-17(15)26/h4-9,11,26-27H,3,10H2,1-2H3,(H,23,28)(H,24,25,29). The Labute approximate surface area is 187 Å². The van der Waals surface area contributed by atoms with Gasteiger partial charge in [0.05, 0.1) is 24.3 Å². The molecule has 9 nitrogen and oxygen atoms in total. The molecule has 0 saturated carbocycles. The van der Waals surface area contributed by atoms with Crippen molar-refractivity contribution >= 4 is 39.9 Å². The van der Waals surface area contributed by atoms with Crippen LogP contribution < -0.4 is 10.6 Å². The summed E-state index contributed by atoms with van der Waals surface area (Å²) >= 11 is 1.15. The van der Waals surface area contributed by atoms with Crippen LogP contribution in [0.5, 0.6) is 11.5 Å². The van der Waals surface area contributed by atoms with Crippen LogP contribution in [0.4, 0.5) is 10.8 Å². The number of rotatable bonds is 7. The number of carbonyl (C=O) groups excluding carboxylic acids is 3. The van der Waals surface area contributed by atoms with E-state index in [-0.39, 0.29) is 40.8 Å². The van der Waals surface area contributed by atoms with Crippen LogP contribution in [0.25, 0.3) is 0 Å². The van der Waals surface area contributed by atoms with Crippen LogP contribution >= 0.6 is 11.3 Å². The van der Waals surface area contributed by atoms with E-state index in [0.717, 1.165) is 16.9 Å². The van der Waals surface area contributed by atoms with Gasteiger partial charge in [0.2, 0.25) is 5.91 Å². The number of hydrogen-bond donors (Lipinski definition) is 4. The number of nitrogens with zero attached hydrogens (tertiary/aromatic N) is 1. The van der Waals surface area contributed by atoms with Crippen molar-refractivity contribution in [3.05, 3.63) is 64.2 Å². The molecule has 166 valence electrons. The number of phenolic OH excluding ortho intramolecular Hbond substituents is 2. The lowest BCUT2D eigenvalue weighted by atomic mass is 10.1. The second kappa shape index (κ2) is 9.92. The van der Waals surface area contributed by atoms with E-state index < -0.39 is 17.8 Å². The molecule has 0 fully saturated rings. The lowest BCUT2D eigenvalue weighted by Gasteiger charge is -2.08. The molecule has 3 rings (SSSR count). The molecule has 3 aromatic rings. The number of aromatic nitrogens is 1. The SMILES string of the molecule is CCOC(=O)c1cc(NC(=O)Cc2csc(NC(=O)c3cc(C)ccc3O)n2)ccc1O. The molecule has 0 aliphatic heterocycles. The lowest BCUT2D eigenvalue weighted by molar-refractivity contribution is -0.115. The minimum absolute atomic E-state index is 0.0530. The Hall–Kier alpha value is -3.92. The number of anilines is 2. The van der Waals surface area contributed by atoms with Crippen molar-refractivity contribution < 1.29 is 29.3 Å². The van der Waals surface area contributed by atoms with E-state index in [4.69, 9.17) is 4.74 Å². The molecule has 0 bridgehead atoms. The highest BCUT2D eigenvalue weighted by Crippen LogP contribution is 2.24. The first-order valence-electron chi connectivity index (χ1n) is 9.62. The van der Waals surface area contributed by atoms with Crippen molar-refractivity contribution in [3.63, 3.8) is 0 Å². The number of esters is 1. The van der Waals surface area contributed by atoms with Gasteiger partial charge in [0.15, 0.2) is 5.13 Å². The van der Waals surface area contributed by atoms with Crippen molar-refractivity contribution in [2.45, 2.75) is 20.3 Å². The number of phenols is 2. The topological polar surface area (TPSA) is 138 Å². The molecule has 2 amide bonds. The fraction of sp³-hybridized carbons (Fsp3) is 0.182. The fourth-order valence-electron chi connectivity index (χ4n) is 2.80. The molecule has 1 heterocycles. The van der Waals surface area contributed by atoms with Gasteiger partial charge in [0, 0.05) is 11.1 Å². The number of nitrogens with one attached hydrogen (secondary N) is 2. The molecule has 0 atom stereocenters. The first-order valence-corrected chi connectivity index (χ1v) is 10.5. The first kappa shape index (κ1) is 22.8. The smallest absolute Gasteiger partial charge is 0.341 e. The first-order chi connectivity index (χ1) is 15.3. The van der Waals surface area contributed by atoms with Gasteiger partial charge in [0.25, 0.3) is 5.91 Å². The maximum absolute atomic E-state index is 12.4. The third-order valence-corrected chi connectivity index (χ3v) is 5.09. The van der Waals surface area contributed by atoms with Crippen LogP contribution in [0.3, 0.4) is 0 Å². The molecule has 0 aliphatic carbocycles. The number of carbonyl (C=O) groups is 3. The Morgan fingerprint density at radius 2 is 1.75 bits per heavy atom. The molecule has 0 unspecified atom stereocenters. The highest BCUT2D eigenvalue weighted by Gasteiger charge is 2.16. The van der Waals surface area contributed by atoms with Crippen molar-refractivity contribution in [1.82, 2.24) is 4.98 Å². The van der Waals surface area contributed by atoms with Crippen LogP contribution in [0, 0.1) is 6.92 Å². The van der Waals surface area contributed by atoms with E-state index in [2.05, 4.69) is 15.6 Å². The van der Waals surface area contributed by atoms with Gasteiger partial charge in [-0.2, -0.15) is 0 Å². The minimum atomic E-state index is -0.694. The number of thiazole rings is 1.